The van der Waals surface area contributed by atoms with Gasteiger partial charge < -0.3 is 10.1 Å². The van der Waals surface area contributed by atoms with Crippen molar-refractivity contribution in [2.75, 3.05) is 12.4 Å². The number of amides is 1. The first kappa shape index (κ1) is 20.7. The van der Waals surface area contributed by atoms with Crippen molar-refractivity contribution in [1.29, 1.82) is 0 Å². The van der Waals surface area contributed by atoms with Crippen molar-refractivity contribution >= 4 is 23.4 Å². The number of benzene rings is 1. The third kappa shape index (κ3) is 5.26. The fourth-order valence-electron chi connectivity index (χ4n) is 2.52. The van der Waals surface area contributed by atoms with Crippen molar-refractivity contribution in [1.82, 2.24) is 9.97 Å². The van der Waals surface area contributed by atoms with Gasteiger partial charge in [-0.2, -0.15) is 13.2 Å². The molecule has 29 heavy (non-hydrogen) atoms. The summed E-state index contributed by atoms with van der Waals surface area (Å²) in [5, 5.41) is 2.98. The number of nitrogens with zero attached hydrogens (tertiary/aromatic N) is 2. The van der Waals surface area contributed by atoms with Gasteiger partial charge in [-0.15, -0.1) is 11.8 Å². The Bertz CT molecular complexity index is 998. The summed E-state index contributed by atoms with van der Waals surface area (Å²) in [6.45, 7) is 0. The smallest absolute Gasteiger partial charge is 0.420 e. The third-order valence-corrected chi connectivity index (χ3v) is 4.98. The molecule has 1 amide bonds. The molecule has 5 nitrogen and oxygen atoms in total. The van der Waals surface area contributed by atoms with Gasteiger partial charge in [-0.05, 0) is 48.0 Å². The van der Waals surface area contributed by atoms with E-state index in [2.05, 4.69) is 15.3 Å². The monoisotopic (exact) mass is 419 g/mol. The van der Waals surface area contributed by atoms with Crippen LogP contribution in [0.2, 0.25) is 0 Å². The van der Waals surface area contributed by atoms with Crippen molar-refractivity contribution in [3.05, 3.63) is 77.7 Å². The van der Waals surface area contributed by atoms with Gasteiger partial charge in [-0.1, -0.05) is 0 Å². The molecule has 150 valence electrons. The number of hydrogen-bond donors (Lipinski definition) is 1. The molecule has 3 aromatic rings. The summed E-state index contributed by atoms with van der Waals surface area (Å²) in [4.78, 5) is 20.9. The molecule has 0 bridgehead atoms. The lowest BCUT2D eigenvalue weighted by Crippen LogP contribution is -2.15. The van der Waals surface area contributed by atoms with Crippen LogP contribution in [0.15, 0.2) is 66.1 Å². The van der Waals surface area contributed by atoms with Gasteiger partial charge in [0.1, 0.15) is 10.8 Å². The van der Waals surface area contributed by atoms with Crippen LogP contribution in [0.3, 0.4) is 0 Å². The van der Waals surface area contributed by atoms with Crippen molar-refractivity contribution in [3.8, 4) is 5.75 Å². The first-order chi connectivity index (χ1) is 13.9. The Morgan fingerprint density at radius 1 is 1.14 bits per heavy atom. The zero-order valence-electron chi connectivity index (χ0n) is 15.2. The van der Waals surface area contributed by atoms with Gasteiger partial charge in [0.25, 0.3) is 5.91 Å². The second kappa shape index (κ2) is 8.95. The summed E-state index contributed by atoms with van der Waals surface area (Å²) in [6, 6.07) is 10.2. The lowest BCUT2D eigenvalue weighted by molar-refractivity contribution is -0.138. The highest BCUT2D eigenvalue weighted by Gasteiger charge is 2.34. The van der Waals surface area contributed by atoms with E-state index in [1.165, 1.54) is 23.9 Å². The maximum atomic E-state index is 13.2. The molecule has 0 unspecified atom stereocenters. The highest BCUT2D eigenvalue weighted by atomic mass is 32.2. The fraction of sp³-hybridized carbons (Fsp3) is 0.150. The summed E-state index contributed by atoms with van der Waals surface area (Å²) in [6.07, 6.45) is 0.292. The molecule has 0 spiro atoms. The molecule has 0 fully saturated rings. The third-order valence-electron chi connectivity index (χ3n) is 3.90. The minimum atomic E-state index is -4.61. The van der Waals surface area contributed by atoms with Crippen LogP contribution in [0.5, 0.6) is 5.75 Å². The van der Waals surface area contributed by atoms with E-state index in [-0.39, 0.29) is 17.0 Å². The van der Waals surface area contributed by atoms with Gasteiger partial charge in [-0.25, -0.2) is 4.98 Å². The molecule has 0 aliphatic rings. The Labute approximate surface area is 169 Å². The van der Waals surface area contributed by atoms with Crippen LogP contribution in [0.25, 0.3) is 0 Å². The van der Waals surface area contributed by atoms with Crippen LogP contribution in [-0.2, 0) is 11.9 Å². The van der Waals surface area contributed by atoms with Crippen LogP contribution in [0, 0.1) is 0 Å². The standard InChI is InChI=1S/C20H16F3N3O2S/c1-28-17-5-4-14(11-16(17)20(21,22)23)26-18(27)15-3-2-8-25-19(15)29-12-13-6-9-24-10-7-13/h2-11H,12H2,1H3,(H,26,27). The van der Waals surface area contributed by atoms with E-state index in [1.807, 2.05) is 12.1 Å². The van der Waals surface area contributed by atoms with Gasteiger partial charge in [0.2, 0.25) is 0 Å². The van der Waals surface area contributed by atoms with Gasteiger partial charge in [0, 0.05) is 30.0 Å². The number of rotatable bonds is 6. The molecular formula is C20H16F3N3O2S. The minimum Gasteiger partial charge on any atom is -0.496 e. The van der Waals surface area contributed by atoms with Crippen LogP contribution >= 0.6 is 11.8 Å². The van der Waals surface area contributed by atoms with E-state index in [4.69, 9.17) is 4.74 Å². The number of hydrogen-bond acceptors (Lipinski definition) is 5. The fourth-order valence-corrected chi connectivity index (χ4v) is 3.46. The summed E-state index contributed by atoms with van der Waals surface area (Å²) in [5.41, 5.74) is 0.330. The lowest BCUT2D eigenvalue weighted by Gasteiger charge is -2.14. The maximum Gasteiger partial charge on any atom is 0.420 e. The van der Waals surface area contributed by atoms with Crippen molar-refractivity contribution < 1.29 is 22.7 Å². The SMILES string of the molecule is COc1ccc(NC(=O)c2cccnc2SCc2ccncc2)cc1C(F)(F)F. The average Bonchev–Trinajstić information content (AvgIpc) is 2.72. The molecule has 9 heteroatoms. The molecular weight excluding hydrogens is 403 g/mol. The summed E-state index contributed by atoms with van der Waals surface area (Å²) < 4.78 is 44.3. The second-order valence-electron chi connectivity index (χ2n) is 5.87. The zero-order valence-corrected chi connectivity index (χ0v) is 16.1. The number of carbonyl (C=O) groups is 1. The van der Waals surface area contributed by atoms with E-state index in [0.29, 0.717) is 10.8 Å². The number of anilines is 1. The van der Waals surface area contributed by atoms with E-state index in [1.54, 1.807) is 30.7 Å². The highest BCUT2D eigenvalue weighted by Crippen LogP contribution is 2.38. The molecule has 1 aromatic carbocycles. The van der Waals surface area contributed by atoms with Gasteiger partial charge >= 0.3 is 6.18 Å². The van der Waals surface area contributed by atoms with Crippen LogP contribution in [-0.4, -0.2) is 23.0 Å². The van der Waals surface area contributed by atoms with Gasteiger partial charge in [0.15, 0.2) is 0 Å². The Morgan fingerprint density at radius 3 is 2.59 bits per heavy atom. The molecule has 0 aliphatic carbocycles. The topological polar surface area (TPSA) is 64.1 Å². The Morgan fingerprint density at radius 2 is 1.90 bits per heavy atom. The van der Waals surface area contributed by atoms with E-state index >= 15 is 0 Å². The number of alkyl halides is 3. The first-order valence-corrected chi connectivity index (χ1v) is 9.40. The number of methoxy groups -OCH3 is 1. The van der Waals surface area contributed by atoms with E-state index in [9.17, 15) is 18.0 Å². The number of nitrogens with one attached hydrogen (secondary N) is 1. The first-order valence-electron chi connectivity index (χ1n) is 8.42. The molecule has 2 heterocycles. The molecule has 0 radical (unpaired) electrons. The molecule has 1 N–H and O–H groups in total. The number of pyridine rings is 2. The normalized spacial score (nSPS) is 11.2. The number of aromatic nitrogens is 2. The summed E-state index contributed by atoms with van der Waals surface area (Å²) in [5.74, 6) is -0.292. The average molecular weight is 419 g/mol. The van der Waals surface area contributed by atoms with Crippen LogP contribution < -0.4 is 10.1 Å². The molecule has 0 aliphatic heterocycles. The quantitative estimate of drug-likeness (QED) is 0.567. The van der Waals surface area contributed by atoms with E-state index in [0.717, 1.165) is 18.7 Å². The number of carbonyl (C=O) groups excluding carboxylic acids is 1. The molecule has 0 saturated carbocycles. The van der Waals surface area contributed by atoms with Crippen molar-refractivity contribution in [2.24, 2.45) is 0 Å². The molecule has 0 saturated heterocycles. The number of ether oxygens (including phenoxy) is 1. The van der Waals surface area contributed by atoms with Gasteiger partial charge in [0.05, 0.1) is 18.2 Å². The zero-order chi connectivity index (χ0) is 20.9. The molecule has 2 aromatic heterocycles. The predicted octanol–water partition coefficient (Wildman–Crippen LogP) is 5.05. The minimum absolute atomic E-state index is 0.0112. The second-order valence-corrected chi connectivity index (χ2v) is 6.83. The number of thioether (sulfide) groups is 1. The van der Waals surface area contributed by atoms with E-state index < -0.39 is 17.6 Å². The van der Waals surface area contributed by atoms with Crippen LogP contribution in [0.1, 0.15) is 21.5 Å². The predicted molar refractivity (Wildman–Crippen MR) is 104 cm³/mol. The Hall–Kier alpha value is -3.07. The van der Waals surface area contributed by atoms with Gasteiger partial charge in [-0.3, -0.25) is 9.78 Å². The Kier molecular flexibility index (Phi) is 6.38. The number of halogens is 3. The lowest BCUT2D eigenvalue weighted by atomic mass is 10.1. The Balaban J connectivity index is 1.79. The largest absolute Gasteiger partial charge is 0.496 e. The summed E-state index contributed by atoms with van der Waals surface area (Å²) in [7, 11) is 1.16. The molecule has 3 rings (SSSR count). The maximum absolute atomic E-state index is 13.2. The van der Waals surface area contributed by atoms with Crippen LogP contribution in [0.4, 0.5) is 18.9 Å². The molecule has 0 atom stereocenters. The summed E-state index contributed by atoms with van der Waals surface area (Å²) >= 11 is 1.35. The highest BCUT2D eigenvalue weighted by molar-refractivity contribution is 7.98. The van der Waals surface area contributed by atoms with Crippen molar-refractivity contribution in [2.45, 2.75) is 17.0 Å². The van der Waals surface area contributed by atoms with Crippen molar-refractivity contribution in [3.63, 3.8) is 0 Å².